The Kier molecular flexibility index (Phi) is 32.4. The highest BCUT2D eigenvalue weighted by Gasteiger charge is 2.38. The summed E-state index contributed by atoms with van der Waals surface area (Å²) in [6.45, 7) is 6.95. The van der Waals surface area contributed by atoms with Crippen molar-refractivity contribution in [2.75, 3.05) is 18.7 Å². The molecule has 1 aliphatic heterocycles. The zero-order valence-electron chi connectivity index (χ0n) is 45.3. The predicted octanol–water partition coefficient (Wildman–Crippen LogP) is 0.311. The summed E-state index contributed by atoms with van der Waals surface area (Å²) >= 11 is 11.6. The number of benzene rings is 4. The average Bonchev–Trinajstić information content (AvgIpc) is 4.18. The molecular weight excluding hydrogens is 1080 g/mol. The van der Waals surface area contributed by atoms with Crippen LogP contribution < -0.4 is 48.7 Å². The number of hydrogen-bond acceptors (Lipinski definition) is 16. The molecule has 0 bridgehead atoms. The fourth-order valence-corrected chi connectivity index (χ4v) is 7.27. The molecule has 0 aliphatic carbocycles. The van der Waals surface area contributed by atoms with E-state index in [-0.39, 0.29) is 65.5 Å². The lowest BCUT2D eigenvalue weighted by molar-refractivity contribution is -0.134. The highest BCUT2D eigenvalue weighted by molar-refractivity contribution is 7.96. The number of aryl methyl sites for hydroxylation is 1. The van der Waals surface area contributed by atoms with Crippen LogP contribution in [0.2, 0.25) is 0 Å². The van der Waals surface area contributed by atoms with Gasteiger partial charge in [0, 0.05) is 43.4 Å². The molecule has 79 heavy (non-hydrogen) atoms. The molecule has 0 unspecified atom stereocenters. The van der Waals surface area contributed by atoms with Crippen molar-refractivity contribution < 1.29 is 64.9 Å². The Morgan fingerprint density at radius 3 is 1.42 bits per heavy atom. The van der Waals surface area contributed by atoms with Crippen LogP contribution in [0.15, 0.2) is 109 Å². The van der Waals surface area contributed by atoms with Gasteiger partial charge in [0.1, 0.15) is 41.7 Å². The molecule has 5 rings (SSSR count). The first-order valence-corrected chi connectivity index (χ1v) is 26.4. The van der Waals surface area contributed by atoms with Gasteiger partial charge in [-0.2, -0.15) is 25.3 Å². The van der Waals surface area contributed by atoms with Crippen molar-refractivity contribution in [1.29, 1.82) is 0 Å². The Labute approximate surface area is 477 Å². The number of aliphatic hydroxyl groups is 1. The molecule has 1 aliphatic rings. The summed E-state index contributed by atoms with van der Waals surface area (Å²) in [5.74, 6) is -2.86. The third-order valence-electron chi connectivity index (χ3n) is 11.6. The first kappa shape index (κ1) is 68.5. The standard InChI is InChI=1S/C27H36N4O6S.C15H21N3O4S2.C11H14N2O.CH3F.H2O/c1-16(25(35)31-24(17(2)32)23(34)13-10-18-6-4-3-5-7-18)29-27(37)22(30-26(36)21(28)15-38)14-19-8-11-20(33)12-9-19;1-8(15(22)24)17-14(21)12(18-13(20)11(16)7-23)6-9-2-4-10(19)5-3-9;1-8-10(13-8)11(14)12-7-9-5-3-2-4-6-9;1-2;/h3-9,11-12,16-17,21-22,24,32-33,38H,10,13-15,28H2,1-2H3,(H,29,37)(H,30,36)(H,31,35);2-5,8,11-12,19,23H,6-7,16H2,1H3,(H,17,21)(H,18,20)(H,22,24);2-6,8,10,13H,7H2,1H3,(H,12,14);1H3;1H2/t16-,17+,21-,22-,24-;8-,11-,12-;8-,10-;;/m000../s1/i;;;1D;. The minimum atomic E-state index is -1.15. The number of carbonyl (C=O) groups excluding carboxylic acids is 8. The number of rotatable bonds is 25. The predicted molar refractivity (Wildman–Crippen MR) is 309 cm³/mol. The van der Waals surface area contributed by atoms with Crippen molar-refractivity contribution >= 4 is 84.2 Å². The fraction of sp³-hybridized carbons (Fsp3) is 0.407. The first-order chi connectivity index (χ1) is 37.4. The number of aliphatic hydroxyl groups excluding tert-OH is 1. The molecule has 16 N–H and O–H groups in total. The molecule has 4 aromatic carbocycles. The summed E-state index contributed by atoms with van der Waals surface area (Å²) in [6, 6.07) is 25.2. The number of ketones is 1. The molecule has 434 valence electrons. The fourth-order valence-electron chi connectivity index (χ4n) is 6.87. The average molecular weight is 1160 g/mol. The molecular formula is C54H76FN9O12S3. The zero-order chi connectivity index (χ0) is 59.2. The van der Waals surface area contributed by atoms with Gasteiger partial charge in [-0.05, 0) is 80.6 Å². The molecule has 0 radical (unpaired) electrons. The number of phenols is 2. The van der Waals surface area contributed by atoms with Crippen LogP contribution in [0.5, 0.6) is 11.5 Å². The van der Waals surface area contributed by atoms with Gasteiger partial charge in [-0.25, -0.2) is 0 Å². The number of Topliss-reactive ketones (excluding diaryl/α,β-unsaturated/α-hetero) is 1. The number of nitrogens with one attached hydrogen (secondary N) is 7. The third-order valence-corrected chi connectivity index (χ3v) is 12.8. The number of nitrogens with two attached hydrogens (primary N) is 2. The molecule has 1 heterocycles. The maximum absolute atomic E-state index is 13.1. The SMILES string of the molecule is C[C@@H]1N[C@@H]1C(=O)NCc1ccccc1.C[C@H](NC(=O)[C@H](Cc1ccc(O)cc1)NC(=O)[C@@H](N)CS)C(=O)N[C@H](C(=O)CCc1ccccc1)[C@@H](C)O.C[C@H](NC(=O)[C@H](Cc1ccc(O)cc1)NC(=O)[C@@H](N)CS)C(=O)S.O.[2H]CF. The second-order valence-electron chi connectivity index (χ2n) is 18.1. The maximum Gasteiger partial charge on any atom is 0.243 e. The largest absolute Gasteiger partial charge is 0.508 e. The van der Waals surface area contributed by atoms with Gasteiger partial charge in [-0.3, -0.25) is 48.1 Å². The molecule has 6 amide bonds. The van der Waals surface area contributed by atoms with E-state index in [0.29, 0.717) is 24.6 Å². The number of hydrogen-bond donors (Lipinski definition) is 15. The van der Waals surface area contributed by atoms with Crippen LogP contribution in [0.1, 0.15) is 57.7 Å². The number of phenolic OH excluding ortho intramolecular Hbond substituents is 2. The van der Waals surface area contributed by atoms with Crippen LogP contribution in [0.4, 0.5) is 4.39 Å². The lowest BCUT2D eigenvalue weighted by atomic mass is 10.00. The summed E-state index contributed by atoms with van der Waals surface area (Å²) < 4.78 is 15.5. The quantitative estimate of drug-likeness (QED) is 0.0314. The normalized spacial score (nSPS) is 16.1. The Hall–Kier alpha value is -6.58. The van der Waals surface area contributed by atoms with E-state index in [1.165, 1.54) is 45.0 Å². The summed E-state index contributed by atoms with van der Waals surface area (Å²) in [6.07, 6.45) is -0.329. The number of amides is 6. The van der Waals surface area contributed by atoms with Crippen molar-refractivity contribution in [3.05, 3.63) is 131 Å². The van der Waals surface area contributed by atoms with Gasteiger partial charge in [0.15, 0.2) is 5.78 Å². The number of carbonyl (C=O) groups is 8. The molecule has 25 heteroatoms. The van der Waals surface area contributed by atoms with Crippen LogP contribution in [0.25, 0.3) is 0 Å². The van der Waals surface area contributed by atoms with Crippen LogP contribution in [-0.2, 0) is 64.2 Å². The second-order valence-corrected chi connectivity index (χ2v) is 19.2. The van der Waals surface area contributed by atoms with Crippen LogP contribution >= 0.6 is 37.9 Å². The number of alkyl halides is 1. The Balaban J connectivity index is 0.000000644. The highest BCUT2D eigenvalue weighted by Crippen LogP contribution is 2.14. The third kappa shape index (κ3) is 26.8. The second kappa shape index (κ2) is 37.3. The summed E-state index contributed by atoms with van der Waals surface area (Å²) in [4.78, 5) is 97.9. The topological polar surface area (TPSA) is 375 Å². The van der Waals surface area contributed by atoms with Crippen LogP contribution in [-0.4, -0.2) is 146 Å². The van der Waals surface area contributed by atoms with Crippen molar-refractivity contribution in [2.24, 2.45) is 11.5 Å². The monoisotopic (exact) mass is 1160 g/mol. The molecule has 0 saturated carbocycles. The van der Waals surface area contributed by atoms with E-state index in [1.54, 1.807) is 24.3 Å². The van der Waals surface area contributed by atoms with E-state index in [4.69, 9.17) is 12.8 Å². The van der Waals surface area contributed by atoms with Crippen molar-refractivity contribution in [2.45, 2.75) is 120 Å². The summed E-state index contributed by atoms with van der Waals surface area (Å²) in [5.41, 5.74) is 14.8. The molecule has 0 aromatic heterocycles. The Morgan fingerprint density at radius 1 is 0.633 bits per heavy atom. The molecule has 0 spiro atoms. The summed E-state index contributed by atoms with van der Waals surface area (Å²) in [5, 5.41) is 47.1. The van der Waals surface area contributed by atoms with Gasteiger partial charge >= 0.3 is 0 Å². The molecule has 1 fully saturated rings. The van der Waals surface area contributed by atoms with Crippen LogP contribution in [0.3, 0.4) is 0 Å². The lowest BCUT2D eigenvalue weighted by Crippen LogP contribution is -2.58. The van der Waals surface area contributed by atoms with E-state index < -0.39 is 90.2 Å². The summed E-state index contributed by atoms with van der Waals surface area (Å²) in [7, 11) is -1.00. The molecule has 4 aromatic rings. The maximum atomic E-state index is 13.1. The van der Waals surface area contributed by atoms with Crippen molar-refractivity contribution in [3.63, 3.8) is 0 Å². The van der Waals surface area contributed by atoms with E-state index >= 15 is 0 Å². The van der Waals surface area contributed by atoms with Crippen molar-refractivity contribution in [1.82, 2.24) is 37.2 Å². The van der Waals surface area contributed by atoms with Gasteiger partial charge in [-0.15, -0.1) is 12.6 Å². The molecule has 10 atom stereocenters. The lowest BCUT2D eigenvalue weighted by Gasteiger charge is -2.25. The van der Waals surface area contributed by atoms with E-state index in [0.717, 1.165) is 16.7 Å². The van der Waals surface area contributed by atoms with Crippen molar-refractivity contribution in [3.8, 4) is 11.5 Å². The van der Waals surface area contributed by atoms with Gasteiger partial charge in [0.05, 0.1) is 32.8 Å². The molecule has 21 nitrogen and oxygen atoms in total. The van der Waals surface area contributed by atoms with Gasteiger partial charge in [0.2, 0.25) is 40.6 Å². The number of aromatic hydroxyl groups is 2. The minimum absolute atomic E-state index is 0. The molecule has 1 saturated heterocycles. The zero-order valence-corrected chi connectivity index (χ0v) is 47.0. The smallest absolute Gasteiger partial charge is 0.243 e. The van der Waals surface area contributed by atoms with Gasteiger partial charge < -0.3 is 64.2 Å². The van der Waals surface area contributed by atoms with E-state index in [9.17, 15) is 58.1 Å². The highest BCUT2D eigenvalue weighted by atomic mass is 32.1. The number of thiol groups is 3. The minimum Gasteiger partial charge on any atom is -0.508 e. The van der Waals surface area contributed by atoms with Crippen LogP contribution in [0, 0.1) is 0 Å². The Bertz CT molecular complexity index is 2550. The number of halogens is 1. The van der Waals surface area contributed by atoms with Gasteiger partial charge in [0.25, 0.3) is 0 Å². The van der Waals surface area contributed by atoms with E-state index in [1.807, 2.05) is 67.6 Å². The van der Waals surface area contributed by atoms with E-state index in [2.05, 4.69) is 75.1 Å². The first-order valence-electron chi connectivity index (χ1n) is 25.4. The Morgan fingerprint density at radius 2 is 1.04 bits per heavy atom. The van der Waals surface area contributed by atoms with Gasteiger partial charge in [-0.1, -0.05) is 84.9 Å².